The molecule has 204 valence electrons. The van der Waals surface area contributed by atoms with Crippen LogP contribution < -0.4 is 10.8 Å². The second kappa shape index (κ2) is 15.7. The van der Waals surface area contributed by atoms with Crippen molar-refractivity contribution in [2.45, 2.75) is 64.9 Å². The average molecular weight is 505 g/mol. The van der Waals surface area contributed by atoms with Gasteiger partial charge in [-0.3, -0.25) is 4.90 Å². The van der Waals surface area contributed by atoms with Crippen LogP contribution in [-0.4, -0.2) is 85.1 Å². The number of anilines is 1. The predicted octanol–water partition coefficient (Wildman–Crippen LogP) is 3.74. The molecule has 1 saturated carbocycles. The van der Waals surface area contributed by atoms with Gasteiger partial charge in [0.2, 0.25) is 0 Å². The number of rotatable bonds is 11. The first-order chi connectivity index (χ1) is 17.3. The molecule has 1 heterocycles. The monoisotopic (exact) mass is 504 g/mol. The first kappa shape index (κ1) is 30.8. The number of nitrogens with zero attached hydrogens (tertiary/aromatic N) is 1. The van der Waals surface area contributed by atoms with E-state index in [1.807, 2.05) is 25.2 Å². The molecule has 0 aromatic heterocycles. The molecule has 0 bridgehead atoms. The van der Waals surface area contributed by atoms with E-state index in [0.717, 1.165) is 100.0 Å². The van der Waals surface area contributed by atoms with Crippen molar-refractivity contribution in [1.29, 1.82) is 0 Å². The van der Waals surface area contributed by atoms with Crippen LogP contribution >= 0.6 is 0 Å². The highest BCUT2D eigenvalue weighted by molar-refractivity contribution is 6.61. The van der Waals surface area contributed by atoms with Gasteiger partial charge in [0.1, 0.15) is 6.29 Å². The highest BCUT2D eigenvalue weighted by Crippen LogP contribution is 2.41. The number of morpholine rings is 1. The van der Waals surface area contributed by atoms with Gasteiger partial charge in [-0.25, -0.2) is 0 Å². The molecular weight excluding hydrogens is 455 g/mol. The fourth-order valence-electron chi connectivity index (χ4n) is 4.61. The smallest absolute Gasteiger partial charge is 0.410 e. The Bertz CT molecular complexity index is 752. The van der Waals surface area contributed by atoms with Crippen LogP contribution in [0.1, 0.15) is 58.9 Å². The molecule has 7 nitrogen and oxygen atoms in total. The highest BCUT2D eigenvalue weighted by atomic mass is 16.6. The van der Waals surface area contributed by atoms with Crippen molar-refractivity contribution >= 4 is 24.6 Å². The number of nitrogens with one attached hydrogen (secondary N) is 1. The zero-order valence-electron chi connectivity index (χ0n) is 23.7. The van der Waals surface area contributed by atoms with Crippen molar-refractivity contribution in [3.8, 4) is 0 Å². The molecule has 1 aromatic carbocycles. The minimum Gasteiger partial charge on any atom is -0.410 e. The molecule has 0 unspecified atom stereocenters. The summed E-state index contributed by atoms with van der Waals surface area (Å²) in [6.07, 6.45) is 4.74. The summed E-state index contributed by atoms with van der Waals surface area (Å²) in [6, 6.07) is 6.05. The Labute approximate surface area is 219 Å². The van der Waals surface area contributed by atoms with E-state index < -0.39 is 12.5 Å². The van der Waals surface area contributed by atoms with Crippen LogP contribution in [0.25, 0.3) is 0 Å². The van der Waals surface area contributed by atoms with E-state index in [1.165, 1.54) is 0 Å². The van der Waals surface area contributed by atoms with E-state index in [0.29, 0.717) is 0 Å². The number of hydrogen-bond acceptors (Lipinski definition) is 7. The molecule has 3 rings (SSSR count). The summed E-state index contributed by atoms with van der Waals surface area (Å²) in [7, 11) is 4.70. The zero-order chi connectivity index (χ0) is 26.6. The number of hydrogen-bond donors (Lipinski definition) is 1. The lowest BCUT2D eigenvalue weighted by Gasteiger charge is -2.38. The Morgan fingerprint density at radius 1 is 1.11 bits per heavy atom. The predicted molar refractivity (Wildman–Crippen MR) is 148 cm³/mol. The maximum Gasteiger partial charge on any atom is 0.493 e. The number of ether oxygens (including phenoxy) is 2. The summed E-state index contributed by atoms with van der Waals surface area (Å²) in [6.45, 7) is 14.2. The van der Waals surface area contributed by atoms with Gasteiger partial charge in [0.05, 0.1) is 31.3 Å². The van der Waals surface area contributed by atoms with Gasteiger partial charge in [0.15, 0.2) is 0 Å². The molecule has 1 aliphatic carbocycles. The van der Waals surface area contributed by atoms with Crippen LogP contribution in [0.2, 0.25) is 0 Å². The minimum atomic E-state index is -0.476. The van der Waals surface area contributed by atoms with Crippen LogP contribution in [0.5, 0.6) is 0 Å². The van der Waals surface area contributed by atoms with E-state index in [2.05, 4.69) is 37.9 Å². The van der Waals surface area contributed by atoms with E-state index in [4.69, 9.17) is 18.8 Å². The molecule has 0 atom stereocenters. The van der Waals surface area contributed by atoms with Crippen molar-refractivity contribution < 1.29 is 23.6 Å². The van der Waals surface area contributed by atoms with Gasteiger partial charge in [0.25, 0.3) is 0 Å². The van der Waals surface area contributed by atoms with Crippen LogP contribution in [0.3, 0.4) is 0 Å². The highest BCUT2D eigenvalue weighted by Gasteiger charge is 2.39. The average Bonchev–Trinajstić information content (AvgIpc) is 2.91. The lowest BCUT2D eigenvalue weighted by Crippen LogP contribution is -2.40. The maximum absolute atomic E-state index is 12.3. The first-order valence-corrected chi connectivity index (χ1v) is 13.6. The summed E-state index contributed by atoms with van der Waals surface area (Å²) in [4.78, 5) is 14.7. The van der Waals surface area contributed by atoms with Crippen molar-refractivity contribution in [3.63, 3.8) is 0 Å². The zero-order valence-corrected chi connectivity index (χ0v) is 23.7. The molecule has 8 heteroatoms. The van der Waals surface area contributed by atoms with Gasteiger partial charge in [-0.1, -0.05) is 39.8 Å². The molecule has 36 heavy (non-hydrogen) atoms. The normalized spacial score (nSPS) is 22.8. The van der Waals surface area contributed by atoms with Gasteiger partial charge >= 0.3 is 7.12 Å². The Morgan fingerprint density at radius 3 is 2.22 bits per heavy atom. The molecular formula is C28H49BN2O5. The second-order valence-corrected chi connectivity index (χ2v) is 10.6. The van der Waals surface area contributed by atoms with E-state index in [1.54, 1.807) is 14.2 Å². The lowest BCUT2D eigenvalue weighted by molar-refractivity contribution is -0.115. The number of benzene rings is 1. The summed E-state index contributed by atoms with van der Waals surface area (Å²) in [5.41, 5.74) is 2.44. The van der Waals surface area contributed by atoms with E-state index in [9.17, 15) is 4.79 Å². The topological polar surface area (TPSA) is 69.3 Å². The van der Waals surface area contributed by atoms with Gasteiger partial charge in [-0.05, 0) is 54.6 Å². The fraction of sp³-hybridized carbons (Fsp3) is 0.750. The second-order valence-electron chi connectivity index (χ2n) is 10.6. The maximum atomic E-state index is 12.3. The van der Waals surface area contributed by atoms with Crippen LogP contribution in [0, 0.1) is 11.8 Å². The quantitative estimate of drug-likeness (QED) is 0.364. The Morgan fingerprint density at radius 2 is 1.72 bits per heavy atom. The fourth-order valence-corrected chi connectivity index (χ4v) is 4.61. The van der Waals surface area contributed by atoms with Crippen molar-refractivity contribution in [1.82, 2.24) is 4.90 Å². The third-order valence-electron chi connectivity index (χ3n) is 7.80. The summed E-state index contributed by atoms with van der Waals surface area (Å²) < 4.78 is 22.3. The van der Waals surface area contributed by atoms with E-state index >= 15 is 0 Å². The molecule has 1 aliphatic heterocycles. The SMILES string of the molecule is CC(C)C(C)C.CNc1cc(B(OC)OC)ccc1C1(C=O)CCC(OCCN2CCOCC2)CC1. The van der Waals surface area contributed by atoms with Crippen molar-refractivity contribution in [2.24, 2.45) is 11.8 Å². The van der Waals surface area contributed by atoms with Crippen molar-refractivity contribution in [3.05, 3.63) is 23.8 Å². The van der Waals surface area contributed by atoms with Gasteiger partial charge in [-0.15, -0.1) is 0 Å². The number of aldehydes is 1. The molecule has 2 aliphatic rings. The van der Waals surface area contributed by atoms with Crippen LogP contribution in [0.4, 0.5) is 5.69 Å². The standard InChI is InChI=1S/C22H35BN2O5.C6H14/c1-24-21-16-18(23(27-2)28-3)4-5-20(21)22(17-26)8-6-19(7-9-22)30-15-12-25-10-13-29-14-11-25;1-5(2)6(3)4/h4-5,16-17,19,24H,6-15H2,1-3H3;5-6H,1-4H3. The third-order valence-corrected chi connectivity index (χ3v) is 7.80. The van der Waals surface area contributed by atoms with Crippen molar-refractivity contribution in [2.75, 3.05) is 66.0 Å². The van der Waals surface area contributed by atoms with Gasteiger partial charge in [-0.2, -0.15) is 0 Å². The minimum absolute atomic E-state index is 0.225. The van der Waals surface area contributed by atoms with Gasteiger partial charge < -0.3 is 28.9 Å². The van der Waals surface area contributed by atoms with Crippen LogP contribution in [0.15, 0.2) is 18.2 Å². The lowest BCUT2D eigenvalue weighted by atomic mass is 9.68. The first-order valence-electron chi connectivity index (χ1n) is 13.6. The molecule has 0 amide bonds. The molecule has 1 aromatic rings. The molecule has 0 radical (unpaired) electrons. The van der Waals surface area contributed by atoms with Gasteiger partial charge in [0, 0.05) is 46.6 Å². The molecule has 1 N–H and O–H groups in total. The number of carbonyl (C=O) groups excluding carboxylic acids is 1. The molecule has 1 saturated heterocycles. The summed E-state index contributed by atoms with van der Waals surface area (Å²) in [5, 5.41) is 3.26. The largest absolute Gasteiger partial charge is 0.493 e. The summed E-state index contributed by atoms with van der Waals surface area (Å²) in [5.74, 6) is 1.70. The number of carbonyl (C=O) groups is 1. The van der Waals surface area contributed by atoms with E-state index in [-0.39, 0.29) is 6.10 Å². The van der Waals surface area contributed by atoms with Crippen LogP contribution in [-0.2, 0) is 29.0 Å². The summed E-state index contributed by atoms with van der Waals surface area (Å²) >= 11 is 0. The molecule has 2 fully saturated rings. The molecule has 0 spiro atoms. The Hall–Kier alpha value is -1.45. The third kappa shape index (κ3) is 8.84. The Kier molecular flexibility index (Phi) is 13.4. The Balaban J connectivity index is 0.000000678.